The predicted molar refractivity (Wildman–Crippen MR) is 166 cm³/mol. The van der Waals surface area contributed by atoms with Crippen molar-refractivity contribution in [1.29, 1.82) is 0 Å². The van der Waals surface area contributed by atoms with Crippen LogP contribution in [0.2, 0.25) is 0 Å². The Morgan fingerprint density at radius 1 is 0.857 bits per heavy atom. The van der Waals surface area contributed by atoms with Gasteiger partial charge >= 0.3 is 18.9 Å². The van der Waals surface area contributed by atoms with Crippen molar-refractivity contribution in [2.75, 3.05) is 31.4 Å². The lowest BCUT2D eigenvalue weighted by molar-refractivity contribution is -0.168. The molecule has 4 aromatic rings. The summed E-state index contributed by atoms with van der Waals surface area (Å²) in [6, 6.07) is 23.3. The van der Waals surface area contributed by atoms with E-state index in [0.717, 1.165) is 44.7 Å². The van der Waals surface area contributed by atoms with Gasteiger partial charge in [0.1, 0.15) is 0 Å². The fourth-order valence-electron chi connectivity index (χ4n) is 7.06. The van der Waals surface area contributed by atoms with E-state index in [1.807, 2.05) is 6.07 Å². The van der Waals surface area contributed by atoms with Gasteiger partial charge in [0.2, 0.25) is 0 Å². The lowest BCUT2D eigenvalue weighted by atomic mass is 9.58. The molecular weight excluding hydrogens is 527 g/mol. The summed E-state index contributed by atoms with van der Waals surface area (Å²) in [5.74, 6) is -1.14. The molecule has 0 saturated heterocycles. The Kier molecular flexibility index (Phi) is 7.19. The lowest BCUT2D eigenvalue weighted by Gasteiger charge is -2.39. The van der Waals surface area contributed by atoms with E-state index in [1.54, 1.807) is 7.11 Å². The van der Waals surface area contributed by atoms with E-state index < -0.39 is 17.4 Å². The minimum atomic E-state index is -1.41. The van der Waals surface area contributed by atoms with Crippen molar-refractivity contribution in [2.24, 2.45) is 5.41 Å². The van der Waals surface area contributed by atoms with E-state index in [1.165, 1.54) is 30.6 Å². The standard InChI is InChI=1S/C34H35BN2O5/c1-21-25-17-34(32(38)41-4,33(39)42-5)18-26(25)22(2)31(27(21)20-40-3)35-36-28-15-9-13-24-14-10-16-29(30(24)28)37(35)19-23-11-7-6-8-12-23/h6-16,36H,17-20H2,1-5H3. The van der Waals surface area contributed by atoms with Crippen LogP contribution in [0.3, 0.4) is 0 Å². The zero-order valence-electron chi connectivity index (χ0n) is 24.7. The van der Waals surface area contributed by atoms with Gasteiger partial charge in [0.15, 0.2) is 5.41 Å². The second-order valence-electron chi connectivity index (χ2n) is 11.3. The molecule has 0 spiro atoms. The molecule has 4 aromatic carbocycles. The van der Waals surface area contributed by atoms with E-state index in [4.69, 9.17) is 14.2 Å². The normalized spacial score (nSPS) is 14.9. The zero-order chi connectivity index (χ0) is 29.6. The van der Waals surface area contributed by atoms with Crippen LogP contribution in [0.5, 0.6) is 0 Å². The molecule has 0 saturated carbocycles. The number of carbonyl (C=O) groups excluding carboxylic acids is 2. The Bertz CT molecular complexity index is 1680. The van der Waals surface area contributed by atoms with Crippen molar-refractivity contribution in [3.05, 3.63) is 100 Å². The first-order valence-electron chi connectivity index (χ1n) is 14.2. The number of hydrogen-bond acceptors (Lipinski definition) is 7. The van der Waals surface area contributed by atoms with Crippen LogP contribution < -0.4 is 15.5 Å². The Balaban J connectivity index is 1.57. The molecule has 1 heterocycles. The van der Waals surface area contributed by atoms with E-state index >= 15 is 0 Å². The molecule has 0 amide bonds. The van der Waals surface area contributed by atoms with Gasteiger partial charge in [-0.1, -0.05) is 54.6 Å². The van der Waals surface area contributed by atoms with E-state index in [2.05, 4.69) is 84.5 Å². The first-order valence-corrected chi connectivity index (χ1v) is 14.2. The second kappa shape index (κ2) is 10.8. The molecule has 8 heteroatoms. The van der Waals surface area contributed by atoms with Crippen LogP contribution in [0, 0.1) is 19.3 Å². The summed E-state index contributed by atoms with van der Waals surface area (Å²) in [4.78, 5) is 28.7. The summed E-state index contributed by atoms with van der Waals surface area (Å²) in [7, 11) is 4.34. The summed E-state index contributed by atoms with van der Waals surface area (Å²) in [5, 5.41) is 6.24. The Morgan fingerprint density at radius 3 is 2.14 bits per heavy atom. The third-order valence-corrected chi connectivity index (χ3v) is 9.11. The average molecular weight is 562 g/mol. The SMILES string of the molecule is COCc1c(C)c2c(c(C)c1B1Nc3cccc4cccc(c34)N1Cc1ccccc1)CC(C(=O)OC)(C(=O)OC)C2. The number of benzene rings is 4. The van der Waals surface area contributed by atoms with Crippen molar-refractivity contribution in [3.63, 3.8) is 0 Å². The van der Waals surface area contributed by atoms with Crippen LogP contribution in [-0.4, -0.2) is 40.3 Å². The van der Waals surface area contributed by atoms with Gasteiger partial charge < -0.3 is 24.2 Å². The second-order valence-corrected chi connectivity index (χ2v) is 11.3. The molecule has 0 radical (unpaired) electrons. The van der Waals surface area contributed by atoms with Gasteiger partial charge in [-0.3, -0.25) is 9.59 Å². The highest BCUT2D eigenvalue weighted by Gasteiger charge is 2.54. The maximum atomic E-state index is 13.2. The summed E-state index contributed by atoms with van der Waals surface area (Å²) < 4.78 is 16.1. The Labute approximate surface area is 246 Å². The number of esters is 2. The monoisotopic (exact) mass is 562 g/mol. The number of nitrogens with zero attached hydrogens (tertiary/aromatic N) is 1. The molecule has 0 fully saturated rings. The van der Waals surface area contributed by atoms with Crippen LogP contribution in [-0.2, 0) is 49.8 Å². The smallest absolute Gasteiger partial charge is 0.409 e. The van der Waals surface area contributed by atoms with Gasteiger partial charge in [-0.15, -0.1) is 0 Å². The minimum absolute atomic E-state index is 0.228. The van der Waals surface area contributed by atoms with Crippen molar-refractivity contribution >= 4 is 46.5 Å². The van der Waals surface area contributed by atoms with E-state index in [0.29, 0.717) is 13.2 Å². The highest BCUT2D eigenvalue weighted by molar-refractivity contribution is 6.81. The Hall–Kier alpha value is -4.30. The molecule has 42 heavy (non-hydrogen) atoms. The van der Waals surface area contributed by atoms with Crippen LogP contribution in [0.15, 0.2) is 66.7 Å². The molecule has 1 N–H and O–H groups in total. The van der Waals surface area contributed by atoms with Gasteiger partial charge in [0.05, 0.1) is 20.8 Å². The molecule has 1 aliphatic heterocycles. The topological polar surface area (TPSA) is 77.1 Å². The van der Waals surface area contributed by atoms with Crippen molar-refractivity contribution in [3.8, 4) is 0 Å². The fourth-order valence-corrected chi connectivity index (χ4v) is 7.06. The third-order valence-electron chi connectivity index (χ3n) is 9.11. The zero-order valence-corrected chi connectivity index (χ0v) is 24.7. The van der Waals surface area contributed by atoms with E-state index in [-0.39, 0.29) is 19.8 Å². The number of hydrogen-bond donors (Lipinski definition) is 1. The number of carbonyl (C=O) groups is 2. The largest absolute Gasteiger partial charge is 0.468 e. The number of ether oxygens (including phenoxy) is 3. The van der Waals surface area contributed by atoms with Crippen molar-refractivity contribution < 1.29 is 23.8 Å². The van der Waals surface area contributed by atoms with Crippen LogP contribution in [0.1, 0.15) is 33.4 Å². The number of rotatable bonds is 7. The molecule has 7 nitrogen and oxygen atoms in total. The van der Waals surface area contributed by atoms with Crippen LogP contribution in [0.25, 0.3) is 10.8 Å². The maximum Gasteiger partial charge on any atom is 0.409 e. The molecule has 0 unspecified atom stereocenters. The van der Waals surface area contributed by atoms with Gasteiger partial charge in [-0.05, 0) is 70.2 Å². The van der Waals surface area contributed by atoms with Gasteiger partial charge in [-0.25, -0.2) is 0 Å². The quantitative estimate of drug-likeness (QED) is 0.196. The van der Waals surface area contributed by atoms with E-state index in [9.17, 15) is 9.59 Å². The predicted octanol–water partition coefficient (Wildman–Crippen LogP) is 4.86. The lowest BCUT2D eigenvalue weighted by Crippen LogP contribution is -2.58. The summed E-state index contributed by atoms with van der Waals surface area (Å²) in [5.41, 5.74) is 8.21. The average Bonchev–Trinajstić information content (AvgIpc) is 3.44. The first kappa shape index (κ1) is 27.9. The number of methoxy groups -OCH3 is 3. The van der Waals surface area contributed by atoms with Gasteiger partial charge in [0, 0.05) is 43.3 Å². The van der Waals surface area contributed by atoms with Crippen LogP contribution >= 0.6 is 0 Å². The number of nitrogens with one attached hydrogen (secondary N) is 1. The molecule has 0 aromatic heterocycles. The summed E-state index contributed by atoms with van der Waals surface area (Å²) >= 11 is 0. The van der Waals surface area contributed by atoms with Crippen LogP contribution in [0.4, 0.5) is 11.4 Å². The number of fused-ring (bicyclic) bond motifs is 1. The number of anilines is 2. The molecule has 2 aliphatic rings. The molecule has 214 valence electrons. The highest BCUT2D eigenvalue weighted by atomic mass is 16.5. The maximum absolute atomic E-state index is 13.2. The molecule has 1 aliphatic carbocycles. The summed E-state index contributed by atoms with van der Waals surface area (Å²) in [6.07, 6.45) is 0.464. The molecular formula is C34H35BN2O5. The van der Waals surface area contributed by atoms with Gasteiger partial charge in [-0.2, -0.15) is 0 Å². The third kappa shape index (κ3) is 4.24. The highest BCUT2D eigenvalue weighted by Crippen LogP contribution is 2.44. The molecule has 6 rings (SSSR count). The van der Waals surface area contributed by atoms with Crippen molar-refractivity contribution in [1.82, 2.24) is 0 Å². The molecule has 0 atom stereocenters. The summed E-state index contributed by atoms with van der Waals surface area (Å²) in [6.45, 7) is 5.01. The van der Waals surface area contributed by atoms with Crippen molar-refractivity contribution in [2.45, 2.75) is 39.8 Å². The Morgan fingerprint density at radius 2 is 1.50 bits per heavy atom. The minimum Gasteiger partial charge on any atom is -0.468 e. The fraction of sp³-hybridized carbons (Fsp3) is 0.294. The molecule has 0 bridgehead atoms. The first-order chi connectivity index (χ1) is 20.3. The van der Waals surface area contributed by atoms with Gasteiger partial charge in [0.25, 0.3) is 0 Å².